The minimum Gasteiger partial charge on any atom is -0.484 e. The molecule has 0 saturated heterocycles. The summed E-state index contributed by atoms with van der Waals surface area (Å²) < 4.78 is 6.92. The third-order valence-corrected chi connectivity index (χ3v) is 3.03. The van der Waals surface area contributed by atoms with Gasteiger partial charge >= 0.3 is 0 Å². The molecule has 2 rings (SSSR count). The third-order valence-electron chi connectivity index (χ3n) is 3.03. The van der Waals surface area contributed by atoms with E-state index in [-0.39, 0.29) is 18.1 Å². The fourth-order valence-corrected chi connectivity index (χ4v) is 1.81. The van der Waals surface area contributed by atoms with Gasteiger partial charge in [-0.3, -0.25) is 14.3 Å². The zero-order chi connectivity index (χ0) is 17.0. The van der Waals surface area contributed by atoms with Crippen molar-refractivity contribution in [1.29, 1.82) is 0 Å². The van der Waals surface area contributed by atoms with Gasteiger partial charge in [-0.15, -0.1) is 0 Å². The first kappa shape index (κ1) is 16.5. The van der Waals surface area contributed by atoms with Crippen LogP contribution in [0.1, 0.15) is 31.1 Å². The summed E-state index contributed by atoms with van der Waals surface area (Å²) in [5.74, 6) is -0.330. The molecule has 122 valence electrons. The molecule has 0 aliphatic rings. The first-order valence-electron chi connectivity index (χ1n) is 7.13. The summed E-state index contributed by atoms with van der Waals surface area (Å²) in [4.78, 5) is 22.8. The molecule has 1 aromatic carbocycles. The molecule has 3 N–H and O–H groups in total. The second-order valence-corrected chi connectivity index (χ2v) is 6.08. The van der Waals surface area contributed by atoms with E-state index in [1.54, 1.807) is 41.3 Å². The van der Waals surface area contributed by atoms with Crippen molar-refractivity contribution in [2.75, 3.05) is 11.9 Å². The zero-order valence-electron chi connectivity index (χ0n) is 13.4. The summed E-state index contributed by atoms with van der Waals surface area (Å²) in [6.45, 7) is 5.88. The van der Waals surface area contributed by atoms with Crippen LogP contribution in [0.4, 0.5) is 5.69 Å². The largest absolute Gasteiger partial charge is 0.484 e. The minimum atomic E-state index is -0.553. The fraction of sp³-hybridized carbons (Fsp3) is 0.312. The first-order chi connectivity index (χ1) is 10.8. The molecule has 0 aliphatic heterocycles. The molecule has 2 amide bonds. The smallest absolute Gasteiger partial charge is 0.255 e. The second kappa shape index (κ2) is 6.51. The van der Waals surface area contributed by atoms with Crippen molar-refractivity contribution in [3.8, 4) is 5.75 Å². The maximum Gasteiger partial charge on any atom is 0.255 e. The van der Waals surface area contributed by atoms with Crippen LogP contribution in [0.3, 0.4) is 0 Å². The lowest BCUT2D eigenvalue weighted by Crippen LogP contribution is -2.22. The van der Waals surface area contributed by atoms with Gasteiger partial charge in [0, 0.05) is 11.8 Å². The van der Waals surface area contributed by atoms with Crippen LogP contribution < -0.4 is 15.8 Å². The summed E-state index contributed by atoms with van der Waals surface area (Å²) in [6.07, 6.45) is 3.38. The van der Waals surface area contributed by atoms with Gasteiger partial charge in [-0.05, 0) is 45.0 Å². The van der Waals surface area contributed by atoms with E-state index in [1.807, 2.05) is 20.8 Å². The van der Waals surface area contributed by atoms with Crippen LogP contribution in [-0.4, -0.2) is 28.2 Å². The number of nitrogens with zero attached hydrogens (tertiary/aromatic N) is 2. The average molecular weight is 316 g/mol. The SMILES string of the molecule is CC(C)(C)n1cc(NC(=O)c2ccc(OCC(N)=O)cc2)cn1. The van der Waals surface area contributed by atoms with Crippen LogP contribution >= 0.6 is 0 Å². The van der Waals surface area contributed by atoms with Crippen molar-refractivity contribution >= 4 is 17.5 Å². The van der Waals surface area contributed by atoms with Gasteiger partial charge < -0.3 is 15.8 Å². The number of hydrogen-bond donors (Lipinski definition) is 2. The number of carbonyl (C=O) groups is 2. The second-order valence-electron chi connectivity index (χ2n) is 6.08. The fourth-order valence-electron chi connectivity index (χ4n) is 1.81. The van der Waals surface area contributed by atoms with Crippen molar-refractivity contribution in [2.24, 2.45) is 5.73 Å². The Hall–Kier alpha value is -2.83. The summed E-state index contributed by atoms with van der Waals surface area (Å²) >= 11 is 0. The maximum atomic E-state index is 12.2. The molecule has 0 spiro atoms. The number of anilines is 1. The Bertz CT molecular complexity index is 699. The number of hydrogen-bond acceptors (Lipinski definition) is 4. The standard InChI is InChI=1S/C16H20N4O3/c1-16(2,3)20-9-12(8-18-20)19-15(22)11-4-6-13(7-5-11)23-10-14(17)21/h4-9H,10H2,1-3H3,(H2,17,21)(H,19,22). The molecule has 1 heterocycles. The number of amides is 2. The molecule has 0 bridgehead atoms. The molecule has 23 heavy (non-hydrogen) atoms. The van der Waals surface area contributed by atoms with Crippen molar-refractivity contribution in [1.82, 2.24) is 9.78 Å². The van der Waals surface area contributed by atoms with E-state index >= 15 is 0 Å². The number of ether oxygens (including phenoxy) is 1. The predicted molar refractivity (Wildman–Crippen MR) is 86.3 cm³/mol. The lowest BCUT2D eigenvalue weighted by molar-refractivity contribution is -0.119. The van der Waals surface area contributed by atoms with E-state index in [0.29, 0.717) is 17.0 Å². The van der Waals surface area contributed by atoms with Gasteiger partial charge in [0.05, 0.1) is 17.4 Å². The molecule has 7 nitrogen and oxygen atoms in total. The van der Waals surface area contributed by atoms with Crippen LogP contribution in [0.5, 0.6) is 5.75 Å². The Morgan fingerprint density at radius 2 is 1.91 bits per heavy atom. The number of nitrogens with two attached hydrogens (primary N) is 1. The topological polar surface area (TPSA) is 99.2 Å². The highest BCUT2D eigenvalue weighted by atomic mass is 16.5. The Balaban J connectivity index is 2.00. The van der Waals surface area contributed by atoms with Crippen LogP contribution in [0.15, 0.2) is 36.7 Å². The predicted octanol–water partition coefficient (Wildman–Crippen LogP) is 1.75. The summed E-state index contributed by atoms with van der Waals surface area (Å²) in [5, 5.41) is 7.01. The van der Waals surface area contributed by atoms with Crippen molar-refractivity contribution in [3.05, 3.63) is 42.2 Å². The molecular formula is C16H20N4O3. The van der Waals surface area contributed by atoms with Crippen LogP contribution in [0.2, 0.25) is 0 Å². The van der Waals surface area contributed by atoms with Crippen molar-refractivity contribution < 1.29 is 14.3 Å². The van der Waals surface area contributed by atoms with E-state index in [2.05, 4.69) is 10.4 Å². The van der Waals surface area contributed by atoms with E-state index in [4.69, 9.17) is 10.5 Å². The summed E-state index contributed by atoms with van der Waals surface area (Å²) in [7, 11) is 0. The maximum absolute atomic E-state index is 12.2. The molecule has 0 atom stereocenters. The van der Waals surface area contributed by atoms with Gasteiger partial charge in [-0.1, -0.05) is 0 Å². The number of benzene rings is 1. The minimum absolute atomic E-state index is 0.150. The van der Waals surface area contributed by atoms with Crippen LogP contribution in [-0.2, 0) is 10.3 Å². The van der Waals surface area contributed by atoms with E-state index in [9.17, 15) is 9.59 Å². The summed E-state index contributed by atoms with van der Waals surface area (Å²) in [5.41, 5.74) is 5.95. The molecule has 2 aromatic rings. The van der Waals surface area contributed by atoms with Crippen LogP contribution in [0.25, 0.3) is 0 Å². The monoisotopic (exact) mass is 316 g/mol. The lowest BCUT2D eigenvalue weighted by atomic mass is 10.1. The molecule has 0 radical (unpaired) electrons. The van der Waals surface area contributed by atoms with Gasteiger partial charge in [-0.25, -0.2) is 0 Å². The van der Waals surface area contributed by atoms with Crippen molar-refractivity contribution in [3.63, 3.8) is 0 Å². The highest BCUT2D eigenvalue weighted by molar-refractivity contribution is 6.04. The quantitative estimate of drug-likeness (QED) is 0.878. The molecule has 0 aliphatic carbocycles. The first-order valence-corrected chi connectivity index (χ1v) is 7.13. The Morgan fingerprint density at radius 3 is 2.43 bits per heavy atom. The molecule has 1 aromatic heterocycles. The highest BCUT2D eigenvalue weighted by Crippen LogP contribution is 2.17. The van der Waals surface area contributed by atoms with Gasteiger partial charge in [0.1, 0.15) is 5.75 Å². The molecule has 0 saturated carbocycles. The normalized spacial score (nSPS) is 11.1. The Kier molecular flexibility index (Phi) is 4.68. The number of carbonyl (C=O) groups excluding carboxylic acids is 2. The van der Waals surface area contributed by atoms with Gasteiger partial charge in [0.25, 0.3) is 11.8 Å². The molecule has 0 unspecified atom stereocenters. The molecular weight excluding hydrogens is 296 g/mol. The Morgan fingerprint density at radius 1 is 1.26 bits per heavy atom. The van der Waals surface area contributed by atoms with E-state index in [0.717, 1.165) is 0 Å². The van der Waals surface area contributed by atoms with Gasteiger partial charge in [-0.2, -0.15) is 5.10 Å². The number of primary amides is 1. The summed E-state index contributed by atoms with van der Waals surface area (Å²) in [6, 6.07) is 6.44. The van der Waals surface area contributed by atoms with Crippen LogP contribution in [0, 0.1) is 0 Å². The van der Waals surface area contributed by atoms with E-state index in [1.165, 1.54) is 0 Å². The highest BCUT2D eigenvalue weighted by Gasteiger charge is 2.15. The van der Waals surface area contributed by atoms with Gasteiger partial charge in [0.2, 0.25) is 0 Å². The molecule has 7 heteroatoms. The average Bonchev–Trinajstić information content (AvgIpc) is 2.94. The third kappa shape index (κ3) is 4.57. The zero-order valence-corrected chi connectivity index (χ0v) is 13.4. The number of nitrogens with one attached hydrogen (secondary N) is 1. The number of rotatable bonds is 5. The lowest BCUT2D eigenvalue weighted by Gasteiger charge is -2.18. The van der Waals surface area contributed by atoms with Gasteiger partial charge in [0.15, 0.2) is 6.61 Å². The van der Waals surface area contributed by atoms with E-state index < -0.39 is 5.91 Å². The van der Waals surface area contributed by atoms with Crippen molar-refractivity contribution in [2.45, 2.75) is 26.3 Å². The number of aromatic nitrogens is 2. The molecule has 0 fully saturated rings. The Labute approximate surface area is 134 Å².